The van der Waals surface area contributed by atoms with Gasteiger partial charge in [0, 0.05) is 27.2 Å². The van der Waals surface area contributed by atoms with Crippen molar-refractivity contribution in [3.05, 3.63) is 56.5 Å². The summed E-state index contributed by atoms with van der Waals surface area (Å²) in [4.78, 5) is 12.7. The van der Waals surface area contributed by atoms with E-state index >= 15 is 0 Å². The standard InChI is InChI=1S/C15H11BrClNO2/c16-13-2-1-10(18)7-11(13)14(19)12-6-9(17)5-8-3-4-20-15(8)12/h1-2,5-7H,3-4,18H2. The molecule has 2 aromatic rings. The van der Waals surface area contributed by atoms with Gasteiger partial charge < -0.3 is 10.5 Å². The molecule has 3 nitrogen and oxygen atoms in total. The lowest BCUT2D eigenvalue weighted by atomic mass is 9.99. The van der Waals surface area contributed by atoms with E-state index in [0.717, 1.165) is 12.0 Å². The number of carbonyl (C=O) groups excluding carboxylic acids is 1. The molecule has 0 bridgehead atoms. The number of nitrogens with two attached hydrogens (primary N) is 1. The van der Waals surface area contributed by atoms with Gasteiger partial charge in [-0.1, -0.05) is 27.5 Å². The Morgan fingerprint density at radius 1 is 1.25 bits per heavy atom. The molecule has 0 spiro atoms. The van der Waals surface area contributed by atoms with Gasteiger partial charge >= 0.3 is 0 Å². The molecule has 0 unspecified atom stereocenters. The van der Waals surface area contributed by atoms with Gasteiger partial charge in [0.1, 0.15) is 5.75 Å². The highest BCUT2D eigenvalue weighted by molar-refractivity contribution is 9.10. The van der Waals surface area contributed by atoms with E-state index in [1.807, 2.05) is 6.07 Å². The molecule has 0 fully saturated rings. The second kappa shape index (κ2) is 5.11. The Hall–Kier alpha value is -1.52. The van der Waals surface area contributed by atoms with Crippen LogP contribution in [0.25, 0.3) is 0 Å². The maximum Gasteiger partial charge on any atom is 0.198 e. The van der Waals surface area contributed by atoms with Crippen LogP contribution in [-0.4, -0.2) is 12.4 Å². The number of ether oxygens (including phenoxy) is 1. The number of hydrogen-bond acceptors (Lipinski definition) is 3. The summed E-state index contributed by atoms with van der Waals surface area (Å²) in [5, 5.41) is 0.539. The van der Waals surface area contributed by atoms with Gasteiger partial charge in [-0.25, -0.2) is 0 Å². The number of benzene rings is 2. The number of nitrogen functional groups attached to an aromatic ring is 1. The van der Waals surface area contributed by atoms with Crippen LogP contribution in [-0.2, 0) is 6.42 Å². The van der Waals surface area contributed by atoms with Crippen molar-refractivity contribution in [2.75, 3.05) is 12.3 Å². The van der Waals surface area contributed by atoms with Crippen molar-refractivity contribution < 1.29 is 9.53 Å². The Morgan fingerprint density at radius 2 is 2.05 bits per heavy atom. The lowest BCUT2D eigenvalue weighted by Crippen LogP contribution is -2.05. The van der Waals surface area contributed by atoms with Crippen molar-refractivity contribution in [1.82, 2.24) is 0 Å². The van der Waals surface area contributed by atoms with Gasteiger partial charge in [0.25, 0.3) is 0 Å². The summed E-state index contributed by atoms with van der Waals surface area (Å²) >= 11 is 9.46. The number of rotatable bonds is 2. The lowest BCUT2D eigenvalue weighted by Gasteiger charge is -2.10. The molecule has 0 aliphatic carbocycles. The average molecular weight is 353 g/mol. The molecule has 3 rings (SSSR count). The summed E-state index contributed by atoms with van der Waals surface area (Å²) in [6.07, 6.45) is 0.772. The Morgan fingerprint density at radius 3 is 2.85 bits per heavy atom. The molecular weight excluding hydrogens is 342 g/mol. The topological polar surface area (TPSA) is 52.3 Å². The largest absolute Gasteiger partial charge is 0.492 e. The van der Waals surface area contributed by atoms with E-state index in [2.05, 4.69) is 15.9 Å². The fourth-order valence-corrected chi connectivity index (χ4v) is 2.97. The van der Waals surface area contributed by atoms with Crippen molar-refractivity contribution in [1.29, 1.82) is 0 Å². The third-order valence-corrected chi connectivity index (χ3v) is 4.14. The van der Waals surface area contributed by atoms with Crippen molar-refractivity contribution in [3.8, 4) is 5.75 Å². The number of fused-ring (bicyclic) bond motifs is 1. The predicted octanol–water partition coefficient (Wildman–Crippen LogP) is 3.85. The van der Waals surface area contributed by atoms with Crippen LogP contribution >= 0.6 is 27.5 Å². The van der Waals surface area contributed by atoms with Gasteiger partial charge in [-0.3, -0.25) is 4.79 Å². The van der Waals surface area contributed by atoms with E-state index in [1.54, 1.807) is 24.3 Å². The molecule has 5 heteroatoms. The molecule has 102 valence electrons. The van der Waals surface area contributed by atoms with Crippen LogP contribution in [0.5, 0.6) is 5.75 Å². The fraction of sp³-hybridized carbons (Fsp3) is 0.133. The highest BCUT2D eigenvalue weighted by atomic mass is 79.9. The van der Waals surface area contributed by atoms with Gasteiger partial charge in [0.05, 0.1) is 12.2 Å². The van der Waals surface area contributed by atoms with Crippen molar-refractivity contribution in [2.24, 2.45) is 0 Å². The summed E-state index contributed by atoms with van der Waals surface area (Å²) in [6.45, 7) is 0.577. The summed E-state index contributed by atoms with van der Waals surface area (Å²) in [5.41, 5.74) is 8.25. The van der Waals surface area contributed by atoms with E-state index in [0.29, 0.717) is 38.7 Å². The normalized spacial score (nSPS) is 12.9. The van der Waals surface area contributed by atoms with E-state index < -0.39 is 0 Å². The van der Waals surface area contributed by atoms with Gasteiger partial charge in [0.15, 0.2) is 5.78 Å². The Kier molecular flexibility index (Phi) is 3.44. The quantitative estimate of drug-likeness (QED) is 0.660. The fourth-order valence-electron chi connectivity index (χ4n) is 2.30. The van der Waals surface area contributed by atoms with Crippen molar-refractivity contribution in [2.45, 2.75) is 6.42 Å². The first kappa shape index (κ1) is 13.5. The molecule has 1 aliphatic heterocycles. The van der Waals surface area contributed by atoms with Crippen molar-refractivity contribution in [3.63, 3.8) is 0 Å². The monoisotopic (exact) mass is 351 g/mol. The number of carbonyl (C=O) groups is 1. The van der Waals surface area contributed by atoms with Crippen LogP contribution in [0.15, 0.2) is 34.8 Å². The van der Waals surface area contributed by atoms with Gasteiger partial charge in [0.2, 0.25) is 0 Å². The summed E-state index contributed by atoms with van der Waals surface area (Å²) in [6, 6.07) is 8.63. The first-order valence-electron chi connectivity index (χ1n) is 6.11. The zero-order valence-electron chi connectivity index (χ0n) is 10.5. The zero-order valence-corrected chi connectivity index (χ0v) is 12.8. The Bertz CT molecular complexity index is 715. The minimum atomic E-state index is -0.148. The van der Waals surface area contributed by atoms with Crippen molar-refractivity contribution >= 4 is 39.0 Å². The molecule has 0 saturated heterocycles. The Labute approximate surface area is 129 Å². The van der Waals surface area contributed by atoms with Crippen LogP contribution in [0.2, 0.25) is 5.02 Å². The molecule has 2 aromatic carbocycles. The highest BCUT2D eigenvalue weighted by Crippen LogP contribution is 2.35. The van der Waals surface area contributed by atoms with E-state index in [4.69, 9.17) is 22.1 Å². The second-order valence-corrected chi connectivity index (χ2v) is 5.90. The van der Waals surface area contributed by atoms with E-state index in [9.17, 15) is 4.79 Å². The zero-order chi connectivity index (χ0) is 14.3. The molecule has 20 heavy (non-hydrogen) atoms. The highest BCUT2D eigenvalue weighted by Gasteiger charge is 2.24. The SMILES string of the molecule is Nc1ccc(Br)c(C(=O)c2cc(Cl)cc3c2OCC3)c1. The molecular formula is C15H11BrClNO2. The van der Waals surface area contributed by atoms with Gasteiger partial charge in [-0.15, -0.1) is 0 Å². The molecule has 1 heterocycles. The summed E-state index contributed by atoms with van der Waals surface area (Å²) in [5.74, 6) is 0.485. The van der Waals surface area contributed by atoms with E-state index in [-0.39, 0.29) is 5.78 Å². The van der Waals surface area contributed by atoms with Gasteiger partial charge in [-0.05, 0) is 35.9 Å². The average Bonchev–Trinajstić information content (AvgIpc) is 2.87. The smallest absolute Gasteiger partial charge is 0.198 e. The molecule has 2 N–H and O–H groups in total. The maximum atomic E-state index is 12.7. The first-order valence-corrected chi connectivity index (χ1v) is 7.28. The number of anilines is 1. The number of halogens is 2. The lowest BCUT2D eigenvalue weighted by molar-refractivity contribution is 0.103. The third-order valence-electron chi connectivity index (χ3n) is 3.23. The summed E-state index contributed by atoms with van der Waals surface area (Å²) in [7, 11) is 0. The van der Waals surface area contributed by atoms with Crippen LogP contribution in [0.4, 0.5) is 5.69 Å². The second-order valence-electron chi connectivity index (χ2n) is 4.61. The molecule has 0 aromatic heterocycles. The molecule has 1 aliphatic rings. The number of ketones is 1. The molecule has 0 amide bonds. The summed E-state index contributed by atoms with van der Waals surface area (Å²) < 4.78 is 6.27. The van der Waals surface area contributed by atoms with Crippen LogP contribution in [0.3, 0.4) is 0 Å². The minimum absolute atomic E-state index is 0.148. The van der Waals surface area contributed by atoms with Crippen LogP contribution in [0.1, 0.15) is 21.5 Å². The first-order chi connectivity index (χ1) is 9.56. The molecule has 0 saturated carbocycles. The number of hydrogen-bond donors (Lipinski definition) is 1. The third kappa shape index (κ3) is 2.30. The molecule has 0 radical (unpaired) electrons. The van der Waals surface area contributed by atoms with E-state index in [1.165, 1.54) is 0 Å². The van der Waals surface area contributed by atoms with Gasteiger partial charge in [-0.2, -0.15) is 0 Å². The van der Waals surface area contributed by atoms with Crippen LogP contribution < -0.4 is 10.5 Å². The Balaban J connectivity index is 2.14. The van der Waals surface area contributed by atoms with Crippen LogP contribution in [0, 0.1) is 0 Å². The minimum Gasteiger partial charge on any atom is -0.492 e. The maximum absolute atomic E-state index is 12.7. The molecule has 0 atom stereocenters. The predicted molar refractivity (Wildman–Crippen MR) is 82.6 cm³/mol.